The van der Waals surface area contributed by atoms with Crippen LogP contribution in [0.3, 0.4) is 0 Å². The molecule has 1 rings (SSSR count). The van der Waals surface area contributed by atoms with Crippen LogP contribution in [0.1, 0.15) is 24.8 Å². The molecule has 0 aliphatic rings. The third kappa shape index (κ3) is 4.02. The van der Waals surface area contributed by atoms with Gasteiger partial charge in [0.1, 0.15) is 5.56 Å². The van der Waals surface area contributed by atoms with Gasteiger partial charge in [0.15, 0.2) is 0 Å². The van der Waals surface area contributed by atoms with Crippen molar-refractivity contribution in [3.05, 3.63) is 44.0 Å². The lowest BCUT2D eigenvalue weighted by atomic mass is 10.0. The lowest BCUT2D eigenvalue weighted by molar-refractivity contribution is -0.395. The monoisotopic (exact) mass is 268 g/mol. The summed E-state index contributed by atoms with van der Waals surface area (Å²) in [5.74, 6) is -0.961. The zero-order valence-corrected chi connectivity index (χ0v) is 9.94. The Labute approximate surface area is 108 Å². The minimum Gasteiger partial charge on any atom is -0.481 e. The predicted molar refractivity (Wildman–Crippen MR) is 64.9 cm³/mol. The van der Waals surface area contributed by atoms with Crippen LogP contribution in [0.2, 0.25) is 0 Å². The molecule has 8 nitrogen and oxygen atoms in total. The largest absolute Gasteiger partial charge is 0.481 e. The van der Waals surface area contributed by atoms with Crippen LogP contribution in [0.4, 0.5) is 11.4 Å². The molecule has 0 atom stereocenters. The molecule has 0 radical (unpaired) electrons. The fraction of sp³-hybridized carbons (Fsp3) is 0.364. The van der Waals surface area contributed by atoms with Gasteiger partial charge in [0.2, 0.25) is 0 Å². The van der Waals surface area contributed by atoms with Crippen LogP contribution in [0.25, 0.3) is 0 Å². The highest BCUT2D eigenvalue weighted by atomic mass is 16.6. The number of nitrogens with zero attached hydrogens (tertiary/aromatic N) is 2. The van der Waals surface area contributed by atoms with Gasteiger partial charge in [0.25, 0.3) is 11.4 Å². The first-order valence-corrected chi connectivity index (χ1v) is 5.56. The van der Waals surface area contributed by atoms with Crippen LogP contribution in [0.15, 0.2) is 18.2 Å². The maximum absolute atomic E-state index is 10.8. The Balaban J connectivity index is 2.92. The van der Waals surface area contributed by atoms with E-state index in [1.807, 2.05) is 0 Å². The average molecular weight is 268 g/mol. The molecular weight excluding hydrogens is 256 g/mol. The molecule has 0 spiro atoms. The molecule has 1 aromatic rings. The van der Waals surface area contributed by atoms with Crippen molar-refractivity contribution in [3.63, 3.8) is 0 Å². The number of carboxylic acids is 1. The van der Waals surface area contributed by atoms with Gasteiger partial charge in [-0.15, -0.1) is 0 Å². The fourth-order valence-corrected chi connectivity index (χ4v) is 1.74. The van der Waals surface area contributed by atoms with Crippen molar-refractivity contribution in [1.82, 2.24) is 0 Å². The number of rotatable bonds is 7. The first kappa shape index (κ1) is 14.6. The van der Waals surface area contributed by atoms with Crippen LogP contribution < -0.4 is 0 Å². The van der Waals surface area contributed by atoms with Gasteiger partial charge in [0, 0.05) is 18.6 Å². The normalized spacial score (nSPS) is 10.1. The number of hydrogen-bond acceptors (Lipinski definition) is 5. The first-order chi connectivity index (χ1) is 8.93. The molecule has 8 heteroatoms. The summed E-state index contributed by atoms with van der Waals surface area (Å²) in [6.07, 6.45) is 0.714. The van der Waals surface area contributed by atoms with E-state index < -0.39 is 15.8 Å². The van der Waals surface area contributed by atoms with Gasteiger partial charge in [0.05, 0.1) is 9.85 Å². The van der Waals surface area contributed by atoms with E-state index in [-0.39, 0.29) is 29.8 Å². The topological polar surface area (TPSA) is 124 Å². The number of aliphatic carboxylic acids is 1. The number of nitro groups is 2. The SMILES string of the molecule is O=C(O)CCCCc1c([N+](=O)[O-])cccc1[N+](=O)[O-]. The minimum atomic E-state index is -0.961. The van der Waals surface area contributed by atoms with Gasteiger partial charge < -0.3 is 5.11 Å². The molecule has 0 unspecified atom stereocenters. The molecule has 0 saturated heterocycles. The summed E-state index contributed by atoms with van der Waals surface area (Å²) in [4.78, 5) is 30.7. The smallest absolute Gasteiger partial charge is 0.303 e. The van der Waals surface area contributed by atoms with Gasteiger partial charge in [-0.2, -0.15) is 0 Å². The van der Waals surface area contributed by atoms with Gasteiger partial charge in [-0.25, -0.2) is 0 Å². The lowest BCUT2D eigenvalue weighted by Crippen LogP contribution is -2.02. The van der Waals surface area contributed by atoms with Crippen molar-refractivity contribution in [2.75, 3.05) is 0 Å². The molecular formula is C11H12N2O6. The van der Waals surface area contributed by atoms with Crippen LogP contribution >= 0.6 is 0 Å². The number of unbranched alkanes of at least 4 members (excludes halogenated alkanes) is 1. The third-order valence-corrected chi connectivity index (χ3v) is 2.59. The van der Waals surface area contributed by atoms with Gasteiger partial charge in [-0.05, 0) is 25.3 Å². The summed E-state index contributed by atoms with van der Waals surface area (Å²) in [5, 5.41) is 30.1. The second kappa shape index (κ2) is 6.43. The summed E-state index contributed by atoms with van der Waals surface area (Å²) >= 11 is 0. The standard InChI is InChI=1S/C11H12N2O6/c14-11(15)7-2-1-4-8-9(12(16)17)5-3-6-10(8)13(18)19/h3,5-6H,1-2,4,7H2,(H,14,15). The summed E-state index contributed by atoms with van der Waals surface area (Å²) < 4.78 is 0. The first-order valence-electron chi connectivity index (χ1n) is 5.56. The van der Waals surface area contributed by atoms with E-state index in [1.165, 1.54) is 18.2 Å². The van der Waals surface area contributed by atoms with E-state index in [9.17, 15) is 25.0 Å². The molecule has 0 aromatic heterocycles. The third-order valence-electron chi connectivity index (χ3n) is 2.59. The van der Waals surface area contributed by atoms with Crippen molar-refractivity contribution in [2.45, 2.75) is 25.7 Å². The minimum absolute atomic E-state index is 0.0443. The Kier molecular flexibility index (Phi) is 4.92. The molecule has 0 fully saturated rings. The van der Waals surface area contributed by atoms with E-state index in [0.29, 0.717) is 12.8 Å². The highest BCUT2D eigenvalue weighted by molar-refractivity contribution is 5.66. The Morgan fingerprint density at radius 1 is 1.11 bits per heavy atom. The van der Waals surface area contributed by atoms with Crippen LogP contribution in [0.5, 0.6) is 0 Å². The molecule has 1 N–H and O–H groups in total. The Bertz CT molecular complexity index is 482. The highest BCUT2D eigenvalue weighted by Crippen LogP contribution is 2.29. The van der Waals surface area contributed by atoms with Crippen molar-refractivity contribution in [2.24, 2.45) is 0 Å². The number of nitro benzene ring substituents is 2. The second-order valence-corrected chi connectivity index (χ2v) is 3.89. The summed E-state index contributed by atoms with van der Waals surface area (Å²) in [7, 11) is 0. The van der Waals surface area contributed by atoms with Crippen LogP contribution in [0, 0.1) is 20.2 Å². The van der Waals surface area contributed by atoms with E-state index in [2.05, 4.69) is 0 Å². The molecule has 0 bridgehead atoms. The number of hydrogen-bond donors (Lipinski definition) is 1. The zero-order chi connectivity index (χ0) is 14.4. The van der Waals surface area contributed by atoms with E-state index >= 15 is 0 Å². The molecule has 0 aliphatic carbocycles. The summed E-state index contributed by atoms with van der Waals surface area (Å²) in [6.45, 7) is 0. The van der Waals surface area contributed by atoms with Crippen LogP contribution in [-0.4, -0.2) is 20.9 Å². The van der Waals surface area contributed by atoms with Crippen molar-refractivity contribution >= 4 is 17.3 Å². The van der Waals surface area contributed by atoms with E-state index in [1.54, 1.807) is 0 Å². The molecule has 0 heterocycles. The molecule has 1 aromatic carbocycles. The predicted octanol–water partition coefficient (Wildman–Crippen LogP) is 2.30. The Hall–Kier alpha value is -2.51. The summed E-state index contributed by atoms with van der Waals surface area (Å²) in [6, 6.07) is 3.68. The Morgan fingerprint density at radius 2 is 1.63 bits per heavy atom. The highest BCUT2D eigenvalue weighted by Gasteiger charge is 2.23. The fourth-order valence-electron chi connectivity index (χ4n) is 1.74. The quantitative estimate of drug-likeness (QED) is 0.459. The average Bonchev–Trinajstić information content (AvgIpc) is 2.33. The molecule has 0 aliphatic heterocycles. The van der Waals surface area contributed by atoms with E-state index in [0.717, 1.165) is 0 Å². The van der Waals surface area contributed by atoms with Crippen LogP contribution in [-0.2, 0) is 11.2 Å². The van der Waals surface area contributed by atoms with Crippen molar-refractivity contribution in [3.8, 4) is 0 Å². The number of benzene rings is 1. The van der Waals surface area contributed by atoms with Gasteiger partial charge >= 0.3 is 5.97 Å². The molecule has 19 heavy (non-hydrogen) atoms. The summed E-state index contributed by atoms with van der Waals surface area (Å²) in [5.41, 5.74) is -0.558. The van der Waals surface area contributed by atoms with Gasteiger partial charge in [-0.1, -0.05) is 0 Å². The molecule has 0 amide bonds. The number of carboxylic acid groups (broad SMARTS) is 1. The maximum atomic E-state index is 10.8. The second-order valence-electron chi connectivity index (χ2n) is 3.89. The zero-order valence-electron chi connectivity index (χ0n) is 9.94. The number of carbonyl (C=O) groups is 1. The van der Waals surface area contributed by atoms with Crippen molar-refractivity contribution in [1.29, 1.82) is 0 Å². The Morgan fingerprint density at radius 3 is 2.05 bits per heavy atom. The van der Waals surface area contributed by atoms with E-state index in [4.69, 9.17) is 5.11 Å². The van der Waals surface area contributed by atoms with Gasteiger partial charge in [-0.3, -0.25) is 25.0 Å². The lowest BCUT2D eigenvalue weighted by Gasteiger charge is -2.03. The van der Waals surface area contributed by atoms with Crippen molar-refractivity contribution < 1.29 is 19.7 Å². The molecule has 0 saturated carbocycles. The maximum Gasteiger partial charge on any atom is 0.303 e. The molecule has 102 valence electrons.